The zero-order valence-electron chi connectivity index (χ0n) is 17.2. The molecule has 0 unspecified atom stereocenters. The second kappa shape index (κ2) is 8.97. The van der Waals surface area contributed by atoms with Gasteiger partial charge < -0.3 is 14.5 Å². The molecule has 1 aliphatic rings. The van der Waals surface area contributed by atoms with Gasteiger partial charge in [-0.15, -0.1) is 0 Å². The van der Waals surface area contributed by atoms with Crippen LogP contribution < -0.4 is 10.1 Å². The van der Waals surface area contributed by atoms with E-state index in [-0.39, 0.29) is 18.0 Å². The summed E-state index contributed by atoms with van der Waals surface area (Å²) in [7, 11) is 1.64. The number of nitrogens with two attached hydrogens (primary N) is 1. The number of hydrogen-bond acceptors (Lipinski definition) is 4. The molecule has 0 fully saturated rings. The minimum atomic E-state index is -0.231. The monoisotopic (exact) mass is 404 g/mol. The van der Waals surface area contributed by atoms with Crippen molar-refractivity contribution >= 4 is 11.6 Å². The molecule has 1 aliphatic heterocycles. The molecule has 1 aromatic heterocycles. The lowest BCUT2D eigenvalue weighted by Gasteiger charge is -2.20. The van der Waals surface area contributed by atoms with E-state index < -0.39 is 0 Å². The van der Waals surface area contributed by atoms with Crippen LogP contribution in [-0.2, 0) is 4.79 Å². The Morgan fingerprint density at radius 1 is 1.17 bits per heavy atom. The van der Waals surface area contributed by atoms with Crippen molar-refractivity contribution in [1.82, 2.24) is 5.01 Å². The van der Waals surface area contributed by atoms with Gasteiger partial charge in [-0.05, 0) is 48.9 Å². The molecule has 2 atom stereocenters. The molecule has 2 heterocycles. The summed E-state index contributed by atoms with van der Waals surface area (Å²) in [5.74, 6) is 1.49. The molecule has 6 heteroatoms. The number of carbonyl (C=O) groups excluding carboxylic acids is 1. The van der Waals surface area contributed by atoms with Crippen LogP contribution in [0.5, 0.6) is 5.75 Å². The first-order valence-corrected chi connectivity index (χ1v) is 10.1. The lowest BCUT2D eigenvalue weighted by atomic mass is 10.0. The van der Waals surface area contributed by atoms with Gasteiger partial charge in [0.25, 0.3) is 5.91 Å². The standard InChI is InChI=1S/C24H25N3O3/c1-17(18-7-4-3-5-8-18)25-16-24(28)27-22(23-9-6-14-30-23)15-21(26-27)19-10-12-20(29-2)13-11-19/h3-14,17,22,25H,15-16H2,1-2H3/p+1/t17-,22-/m1/s1. The number of furan rings is 1. The van der Waals surface area contributed by atoms with Crippen LogP contribution in [0.25, 0.3) is 0 Å². The Bertz CT molecular complexity index is 998. The molecule has 154 valence electrons. The normalized spacial score (nSPS) is 16.9. The predicted octanol–water partition coefficient (Wildman–Crippen LogP) is 3.29. The summed E-state index contributed by atoms with van der Waals surface area (Å²) in [6.45, 7) is 2.41. The number of quaternary nitrogens is 1. The van der Waals surface area contributed by atoms with Crippen LogP contribution in [0, 0.1) is 0 Å². The van der Waals surface area contributed by atoms with E-state index in [0.29, 0.717) is 13.0 Å². The van der Waals surface area contributed by atoms with Gasteiger partial charge in [-0.2, -0.15) is 5.10 Å². The summed E-state index contributed by atoms with van der Waals surface area (Å²) < 4.78 is 10.9. The van der Waals surface area contributed by atoms with Crippen LogP contribution in [-0.4, -0.2) is 30.3 Å². The molecule has 2 aromatic carbocycles. The topological polar surface area (TPSA) is 71.7 Å². The maximum Gasteiger partial charge on any atom is 0.298 e. The van der Waals surface area contributed by atoms with Crippen molar-refractivity contribution in [2.45, 2.75) is 25.4 Å². The number of amides is 1. The molecule has 0 bridgehead atoms. The SMILES string of the molecule is COc1ccc(C2=NN(C(=O)C[NH2+][C@H](C)c3ccccc3)[C@@H](c3ccco3)C2)cc1. The molecule has 0 aliphatic carbocycles. The van der Waals surface area contributed by atoms with Crippen molar-refractivity contribution < 1.29 is 19.3 Å². The summed E-state index contributed by atoms with van der Waals surface area (Å²) in [6.07, 6.45) is 2.24. The molecule has 0 saturated heterocycles. The van der Waals surface area contributed by atoms with Crippen LogP contribution in [0.1, 0.15) is 42.3 Å². The average molecular weight is 404 g/mol. The van der Waals surface area contributed by atoms with Gasteiger partial charge in [0.15, 0.2) is 6.54 Å². The molecular weight excluding hydrogens is 378 g/mol. The van der Waals surface area contributed by atoms with Gasteiger partial charge in [-0.3, -0.25) is 4.79 Å². The Morgan fingerprint density at radius 3 is 2.60 bits per heavy atom. The van der Waals surface area contributed by atoms with Gasteiger partial charge in [0.2, 0.25) is 0 Å². The van der Waals surface area contributed by atoms with E-state index in [2.05, 4.69) is 24.2 Å². The van der Waals surface area contributed by atoms with E-state index >= 15 is 0 Å². The van der Waals surface area contributed by atoms with E-state index in [4.69, 9.17) is 9.15 Å². The largest absolute Gasteiger partial charge is 0.497 e. The molecule has 0 radical (unpaired) electrons. The highest BCUT2D eigenvalue weighted by Crippen LogP contribution is 2.33. The number of carbonyl (C=O) groups is 1. The average Bonchev–Trinajstić information content (AvgIpc) is 3.48. The maximum absolute atomic E-state index is 13.1. The highest BCUT2D eigenvalue weighted by Gasteiger charge is 2.35. The second-order valence-electron chi connectivity index (χ2n) is 7.39. The third-order valence-corrected chi connectivity index (χ3v) is 5.43. The van der Waals surface area contributed by atoms with Gasteiger partial charge in [0.1, 0.15) is 23.6 Å². The molecule has 2 N–H and O–H groups in total. The molecule has 3 aromatic rings. The fraction of sp³-hybridized carbons (Fsp3) is 0.250. The van der Waals surface area contributed by atoms with Crippen molar-refractivity contribution in [1.29, 1.82) is 0 Å². The summed E-state index contributed by atoms with van der Waals surface area (Å²) >= 11 is 0. The number of hydrazone groups is 1. The minimum absolute atomic E-state index is 0.0392. The second-order valence-corrected chi connectivity index (χ2v) is 7.39. The van der Waals surface area contributed by atoms with E-state index in [1.54, 1.807) is 18.4 Å². The smallest absolute Gasteiger partial charge is 0.298 e. The van der Waals surface area contributed by atoms with Crippen molar-refractivity contribution in [2.24, 2.45) is 5.10 Å². The Morgan fingerprint density at radius 2 is 1.93 bits per heavy atom. The van der Waals surface area contributed by atoms with Crippen LogP contribution in [0.3, 0.4) is 0 Å². The minimum Gasteiger partial charge on any atom is -0.497 e. The lowest BCUT2D eigenvalue weighted by molar-refractivity contribution is -0.683. The molecule has 4 rings (SSSR count). The van der Waals surface area contributed by atoms with Crippen LogP contribution >= 0.6 is 0 Å². The predicted molar refractivity (Wildman–Crippen MR) is 114 cm³/mol. The number of nitrogens with zero attached hydrogens (tertiary/aromatic N) is 2. The van der Waals surface area contributed by atoms with E-state index in [1.165, 1.54) is 5.56 Å². The fourth-order valence-electron chi connectivity index (χ4n) is 3.66. The highest BCUT2D eigenvalue weighted by atomic mass is 16.5. The molecule has 1 amide bonds. The number of benzene rings is 2. The van der Waals surface area contributed by atoms with Gasteiger partial charge in [-0.25, -0.2) is 5.01 Å². The third-order valence-electron chi connectivity index (χ3n) is 5.43. The first-order chi connectivity index (χ1) is 14.7. The van der Waals surface area contributed by atoms with Crippen molar-refractivity contribution in [2.75, 3.05) is 13.7 Å². The number of rotatable bonds is 7. The Hall–Kier alpha value is -3.38. The van der Waals surface area contributed by atoms with Crippen LogP contribution in [0.4, 0.5) is 0 Å². The molecule has 0 saturated carbocycles. The Kier molecular flexibility index (Phi) is 5.95. The fourth-order valence-corrected chi connectivity index (χ4v) is 3.66. The first-order valence-electron chi connectivity index (χ1n) is 10.1. The van der Waals surface area contributed by atoms with E-state index in [1.807, 2.05) is 59.9 Å². The maximum atomic E-state index is 13.1. The first kappa shape index (κ1) is 19.9. The number of ether oxygens (including phenoxy) is 1. The van der Waals surface area contributed by atoms with Crippen molar-refractivity contribution in [3.05, 3.63) is 89.9 Å². The van der Waals surface area contributed by atoms with Gasteiger partial charge in [-0.1, -0.05) is 30.3 Å². The molecule has 0 spiro atoms. The molecular formula is C24H26N3O3+. The summed E-state index contributed by atoms with van der Waals surface area (Å²) in [5.41, 5.74) is 3.03. The number of methoxy groups -OCH3 is 1. The summed E-state index contributed by atoms with van der Waals surface area (Å²) in [6, 6.07) is 21.6. The van der Waals surface area contributed by atoms with E-state index in [0.717, 1.165) is 22.8 Å². The zero-order valence-corrected chi connectivity index (χ0v) is 17.2. The van der Waals surface area contributed by atoms with Crippen LogP contribution in [0.15, 0.2) is 82.5 Å². The van der Waals surface area contributed by atoms with Gasteiger partial charge >= 0.3 is 0 Å². The highest BCUT2D eigenvalue weighted by molar-refractivity contribution is 6.03. The lowest BCUT2D eigenvalue weighted by Crippen LogP contribution is -2.86. The number of hydrogen-bond donors (Lipinski definition) is 1. The van der Waals surface area contributed by atoms with Crippen LogP contribution in [0.2, 0.25) is 0 Å². The Balaban J connectivity index is 1.51. The van der Waals surface area contributed by atoms with E-state index in [9.17, 15) is 4.79 Å². The summed E-state index contributed by atoms with van der Waals surface area (Å²) in [4.78, 5) is 13.1. The zero-order chi connectivity index (χ0) is 20.9. The Labute approximate surface area is 176 Å². The van der Waals surface area contributed by atoms with Crippen molar-refractivity contribution in [3.8, 4) is 5.75 Å². The molecule has 30 heavy (non-hydrogen) atoms. The van der Waals surface area contributed by atoms with Gasteiger partial charge in [0.05, 0.1) is 19.1 Å². The summed E-state index contributed by atoms with van der Waals surface area (Å²) in [5, 5.41) is 8.30. The quantitative estimate of drug-likeness (QED) is 0.657. The van der Waals surface area contributed by atoms with Gasteiger partial charge in [0, 0.05) is 12.0 Å². The third kappa shape index (κ3) is 4.28. The molecule has 6 nitrogen and oxygen atoms in total. The van der Waals surface area contributed by atoms with Crippen molar-refractivity contribution in [3.63, 3.8) is 0 Å².